The van der Waals surface area contributed by atoms with Crippen LogP contribution in [0, 0.1) is 0 Å². The fourth-order valence-electron chi connectivity index (χ4n) is 2.51. The minimum atomic E-state index is 0.0347. The van der Waals surface area contributed by atoms with Crippen molar-refractivity contribution in [2.45, 2.75) is 19.6 Å². The Hall–Kier alpha value is -2.58. The van der Waals surface area contributed by atoms with Crippen LogP contribution in [-0.2, 0) is 6.61 Å². The maximum Gasteiger partial charge on any atom is 0.120 e. The number of benzene rings is 3. The van der Waals surface area contributed by atoms with Crippen molar-refractivity contribution in [3.05, 3.63) is 90.0 Å². The number of rotatable bonds is 5. The molecule has 1 atom stereocenters. The SMILES string of the molecule is C[C@H](N)c1cccc(-c2cccc(OCc3ccccc3)c2)c1. The van der Waals surface area contributed by atoms with Gasteiger partial charge in [0.05, 0.1) is 0 Å². The molecular weight excluding hydrogens is 282 g/mol. The summed E-state index contributed by atoms with van der Waals surface area (Å²) in [5.41, 5.74) is 10.6. The summed E-state index contributed by atoms with van der Waals surface area (Å²) in [5, 5.41) is 0. The minimum absolute atomic E-state index is 0.0347. The Morgan fingerprint density at radius 2 is 1.52 bits per heavy atom. The van der Waals surface area contributed by atoms with Gasteiger partial charge < -0.3 is 10.5 Å². The second kappa shape index (κ2) is 7.12. The standard InChI is InChI=1S/C21H21NO/c1-16(22)18-9-5-10-19(13-18)20-11-6-12-21(14-20)23-15-17-7-3-2-4-8-17/h2-14,16H,15,22H2,1H3/t16-/m0/s1. The average molecular weight is 303 g/mol. The molecule has 3 rings (SSSR count). The van der Waals surface area contributed by atoms with Gasteiger partial charge >= 0.3 is 0 Å². The summed E-state index contributed by atoms with van der Waals surface area (Å²) < 4.78 is 5.91. The summed E-state index contributed by atoms with van der Waals surface area (Å²) in [6.45, 7) is 2.57. The van der Waals surface area contributed by atoms with Gasteiger partial charge in [-0.15, -0.1) is 0 Å². The van der Waals surface area contributed by atoms with Gasteiger partial charge in [0.25, 0.3) is 0 Å². The highest BCUT2D eigenvalue weighted by molar-refractivity contribution is 5.66. The highest BCUT2D eigenvalue weighted by atomic mass is 16.5. The van der Waals surface area contributed by atoms with Gasteiger partial charge in [0, 0.05) is 6.04 Å². The van der Waals surface area contributed by atoms with Crippen LogP contribution in [0.5, 0.6) is 5.75 Å². The Bertz CT molecular complexity index is 766. The Morgan fingerprint density at radius 3 is 2.26 bits per heavy atom. The first-order valence-electron chi connectivity index (χ1n) is 7.85. The summed E-state index contributed by atoms with van der Waals surface area (Å²) in [5.74, 6) is 0.873. The number of hydrogen-bond acceptors (Lipinski definition) is 2. The van der Waals surface area contributed by atoms with E-state index in [1.807, 2.05) is 43.3 Å². The minimum Gasteiger partial charge on any atom is -0.489 e. The molecule has 0 heterocycles. The summed E-state index contributed by atoms with van der Waals surface area (Å²) >= 11 is 0. The molecule has 0 spiro atoms. The van der Waals surface area contributed by atoms with Gasteiger partial charge in [-0.2, -0.15) is 0 Å². The van der Waals surface area contributed by atoms with Crippen LogP contribution in [0.1, 0.15) is 24.1 Å². The molecule has 0 aliphatic rings. The summed E-state index contributed by atoms with van der Waals surface area (Å²) in [6, 6.07) is 26.7. The molecule has 116 valence electrons. The van der Waals surface area contributed by atoms with E-state index in [0.717, 1.165) is 28.0 Å². The third-order valence-corrected chi connectivity index (χ3v) is 3.83. The van der Waals surface area contributed by atoms with Gasteiger partial charge in [-0.05, 0) is 47.4 Å². The quantitative estimate of drug-likeness (QED) is 0.723. The van der Waals surface area contributed by atoms with Crippen LogP contribution in [0.3, 0.4) is 0 Å². The fourth-order valence-corrected chi connectivity index (χ4v) is 2.51. The second-order valence-electron chi connectivity index (χ2n) is 5.72. The predicted molar refractivity (Wildman–Crippen MR) is 95.3 cm³/mol. The molecule has 0 saturated heterocycles. The van der Waals surface area contributed by atoms with Crippen molar-refractivity contribution in [1.82, 2.24) is 0 Å². The van der Waals surface area contributed by atoms with Gasteiger partial charge in [0.1, 0.15) is 12.4 Å². The zero-order chi connectivity index (χ0) is 16.1. The van der Waals surface area contributed by atoms with E-state index in [2.05, 4.69) is 42.5 Å². The molecule has 3 aromatic carbocycles. The first-order valence-corrected chi connectivity index (χ1v) is 7.85. The maximum atomic E-state index is 5.98. The molecule has 2 nitrogen and oxygen atoms in total. The van der Waals surface area contributed by atoms with Gasteiger partial charge in [-0.3, -0.25) is 0 Å². The van der Waals surface area contributed by atoms with E-state index in [1.54, 1.807) is 0 Å². The number of hydrogen-bond donors (Lipinski definition) is 1. The molecule has 0 amide bonds. The Morgan fingerprint density at radius 1 is 0.826 bits per heavy atom. The van der Waals surface area contributed by atoms with Gasteiger partial charge in [0.2, 0.25) is 0 Å². The van der Waals surface area contributed by atoms with Crippen molar-refractivity contribution in [1.29, 1.82) is 0 Å². The van der Waals surface area contributed by atoms with Gasteiger partial charge in [-0.1, -0.05) is 60.7 Å². The lowest BCUT2D eigenvalue weighted by Gasteiger charge is -2.11. The molecule has 0 aromatic heterocycles. The van der Waals surface area contributed by atoms with Crippen LogP contribution in [0.25, 0.3) is 11.1 Å². The van der Waals surface area contributed by atoms with Crippen LogP contribution in [0.15, 0.2) is 78.9 Å². The van der Waals surface area contributed by atoms with E-state index in [-0.39, 0.29) is 6.04 Å². The number of nitrogens with two attached hydrogens (primary N) is 1. The van der Waals surface area contributed by atoms with Crippen molar-refractivity contribution in [3.63, 3.8) is 0 Å². The van der Waals surface area contributed by atoms with Crippen LogP contribution in [0.4, 0.5) is 0 Å². The number of ether oxygens (including phenoxy) is 1. The lowest BCUT2D eigenvalue weighted by Crippen LogP contribution is -2.04. The van der Waals surface area contributed by atoms with Crippen LogP contribution < -0.4 is 10.5 Å². The highest BCUT2D eigenvalue weighted by Gasteiger charge is 2.04. The zero-order valence-electron chi connectivity index (χ0n) is 13.3. The van der Waals surface area contributed by atoms with E-state index in [4.69, 9.17) is 10.5 Å². The Balaban J connectivity index is 1.78. The van der Waals surface area contributed by atoms with Crippen molar-refractivity contribution in [2.24, 2.45) is 5.73 Å². The smallest absolute Gasteiger partial charge is 0.120 e. The third-order valence-electron chi connectivity index (χ3n) is 3.83. The molecule has 2 heteroatoms. The first kappa shape index (κ1) is 15.3. The van der Waals surface area contributed by atoms with Gasteiger partial charge in [0.15, 0.2) is 0 Å². The van der Waals surface area contributed by atoms with Crippen LogP contribution >= 0.6 is 0 Å². The normalized spacial score (nSPS) is 11.9. The van der Waals surface area contributed by atoms with Gasteiger partial charge in [-0.25, -0.2) is 0 Å². The Labute approximate surface area is 137 Å². The van der Waals surface area contributed by atoms with Crippen molar-refractivity contribution < 1.29 is 4.74 Å². The molecular formula is C21H21NO. The molecule has 0 aliphatic carbocycles. The zero-order valence-corrected chi connectivity index (χ0v) is 13.3. The van der Waals surface area contributed by atoms with Crippen molar-refractivity contribution in [2.75, 3.05) is 0 Å². The summed E-state index contributed by atoms with van der Waals surface area (Å²) in [6.07, 6.45) is 0. The molecule has 2 N–H and O–H groups in total. The third kappa shape index (κ3) is 3.99. The lowest BCUT2D eigenvalue weighted by atomic mass is 10.0. The molecule has 0 unspecified atom stereocenters. The average Bonchev–Trinajstić information content (AvgIpc) is 2.61. The topological polar surface area (TPSA) is 35.2 Å². The predicted octanol–water partition coefficient (Wildman–Crippen LogP) is 4.95. The molecule has 0 aliphatic heterocycles. The van der Waals surface area contributed by atoms with E-state index < -0.39 is 0 Å². The summed E-state index contributed by atoms with van der Waals surface area (Å²) in [4.78, 5) is 0. The maximum absolute atomic E-state index is 5.98. The Kier molecular flexibility index (Phi) is 4.74. The summed E-state index contributed by atoms with van der Waals surface area (Å²) in [7, 11) is 0. The first-order chi connectivity index (χ1) is 11.2. The largest absolute Gasteiger partial charge is 0.489 e. The van der Waals surface area contributed by atoms with E-state index >= 15 is 0 Å². The van der Waals surface area contributed by atoms with Crippen molar-refractivity contribution in [3.8, 4) is 16.9 Å². The van der Waals surface area contributed by atoms with E-state index in [1.165, 1.54) is 0 Å². The monoisotopic (exact) mass is 303 g/mol. The molecule has 23 heavy (non-hydrogen) atoms. The highest BCUT2D eigenvalue weighted by Crippen LogP contribution is 2.26. The van der Waals surface area contributed by atoms with E-state index in [9.17, 15) is 0 Å². The van der Waals surface area contributed by atoms with Crippen LogP contribution in [-0.4, -0.2) is 0 Å². The lowest BCUT2D eigenvalue weighted by molar-refractivity contribution is 0.306. The second-order valence-corrected chi connectivity index (χ2v) is 5.72. The fraction of sp³-hybridized carbons (Fsp3) is 0.143. The molecule has 0 bridgehead atoms. The van der Waals surface area contributed by atoms with E-state index in [0.29, 0.717) is 6.61 Å². The molecule has 3 aromatic rings. The molecule has 0 saturated carbocycles. The molecule has 0 radical (unpaired) electrons. The van der Waals surface area contributed by atoms with Crippen LogP contribution in [0.2, 0.25) is 0 Å². The molecule has 0 fully saturated rings. The van der Waals surface area contributed by atoms with Crippen molar-refractivity contribution >= 4 is 0 Å².